The van der Waals surface area contributed by atoms with E-state index in [9.17, 15) is 9.59 Å². The molecule has 0 saturated heterocycles. The highest BCUT2D eigenvalue weighted by Gasteiger charge is 2.28. The number of amides is 1. The van der Waals surface area contributed by atoms with Gasteiger partial charge in [-0.1, -0.05) is 23.7 Å². The van der Waals surface area contributed by atoms with Crippen LogP contribution in [0.1, 0.15) is 12.5 Å². The molecule has 0 radical (unpaired) electrons. The van der Waals surface area contributed by atoms with Crippen molar-refractivity contribution in [2.45, 2.75) is 6.92 Å². The fourth-order valence-corrected chi connectivity index (χ4v) is 1.83. The lowest BCUT2D eigenvalue weighted by molar-refractivity contribution is -0.140. The number of aliphatic carboxylic acids is 1. The molecule has 0 aliphatic carbocycles. The summed E-state index contributed by atoms with van der Waals surface area (Å²) in [7, 11) is 0. The maximum absolute atomic E-state index is 12.0. The Morgan fingerprint density at radius 2 is 2.05 bits per heavy atom. The zero-order valence-electron chi connectivity index (χ0n) is 10.1. The van der Waals surface area contributed by atoms with Gasteiger partial charge in [0.15, 0.2) is 0 Å². The number of rotatable bonds is 3. The van der Waals surface area contributed by atoms with E-state index < -0.39 is 11.9 Å². The van der Waals surface area contributed by atoms with Gasteiger partial charge in [0.1, 0.15) is 18.1 Å². The summed E-state index contributed by atoms with van der Waals surface area (Å²) in [6.45, 7) is 1.22. The largest absolute Gasteiger partial charge is 0.480 e. The quantitative estimate of drug-likeness (QED) is 0.860. The molecule has 0 saturated carbocycles. The van der Waals surface area contributed by atoms with Gasteiger partial charge in [0.05, 0.1) is 0 Å². The Bertz CT molecular complexity index is 590. The van der Waals surface area contributed by atoms with Crippen molar-refractivity contribution >= 4 is 35.4 Å². The minimum absolute atomic E-state index is 0.223. The van der Waals surface area contributed by atoms with Crippen molar-refractivity contribution in [2.75, 3.05) is 6.54 Å². The first kappa shape index (κ1) is 13.3. The average molecular weight is 279 g/mol. The van der Waals surface area contributed by atoms with E-state index in [1.54, 1.807) is 37.3 Å². The molecule has 1 amide bonds. The van der Waals surface area contributed by atoms with Crippen LogP contribution >= 0.6 is 11.6 Å². The predicted molar refractivity (Wildman–Crippen MR) is 71.9 cm³/mol. The van der Waals surface area contributed by atoms with Crippen molar-refractivity contribution in [3.63, 3.8) is 0 Å². The number of amidine groups is 1. The van der Waals surface area contributed by atoms with Crippen LogP contribution in [0.5, 0.6) is 0 Å². The molecule has 1 N–H and O–H groups in total. The normalized spacial score (nSPS) is 16.9. The average Bonchev–Trinajstić information content (AvgIpc) is 2.60. The Kier molecular flexibility index (Phi) is 3.66. The van der Waals surface area contributed by atoms with Gasteiger partial charge in [-0.25, -0.2) is 4.99 Å². The molecule has 0 spiro atoms. The molecule has 6 heteroatoms. The molecule has 1 aliphatic heterocycles. The molecule has 19 heavy (non-hydrogen) atoms. The summed E-state index contributed by atoms with van der Waals surface area (Å²) in [5.41, 5.74) is 1.00. The molecule has 2 rings (SSSR count). The number of halogens is 1. The summed E-state index contributed by atoms with van der Waals surface area (Å²) in [5, 5.41) is 9.34. The van der Waals surface area contributed by atoms with E-state index in [4.69, 9.17) is 16.7 Å². The van der Waals surface area contributed by atoms with Gasteiger partial charge in [-0.3, -0.25) is 14.5 Å². The maximum Gasteiger partial charge on any atom is 0.323 e. The third-order valence-electron chi connectivity index (χ3n) is 2.60. The summed E-state index contributed by atoms with van der Waals surface area (Å²) in [6, 6.07) is 6.93. The van der Waals surface area contributed by atoms with E-state index in [2.05, 4.69) is 4.99 Å². The van der Waals surface area contributed by atoms with Crippen LogP contribution < -0.4 is 0 Å². The second-order valence-electron chi connectivity index (χ2n) is 4.03. The Morgan fingerprint density at radius 1 is 1.42 bits per heavy atom. The molecule has 0 bridgehead atoms. The SMILES string of the molecule is CC1=N/C(=C\c2ccc(Cl)cc2)C(=O)N1CC(=O)O. The van der Waals surface area contributed by atoms with Crippen LogP contribution in [0.25, 0.3) is 6.08 Å². The van der Waals surface area contributed by atoms with Gasteiger partial charge in [0.2, 0.25) is 0 Å². The van der Waals surface area contributed by atoms with Crippen LogP contribution in [0.3, 0.4) is 0 Å². The summed E-state index contributed by atoms with van der Waals surface area (Å²) in [4.78, 5) is 27.9. The summed E-state index contributed by atoms with van der Waals surface area (Å²) >= 11 is 5.77. The lowest BCUT2D eigenvalue weighted by Crippen LogP contribution is -2.35. The van der Waals surface area contributed by atoms with Crippen molar-refractivity contribution in [1.29, 1.82) is 0 Å². The molecular formula is C13H11ClN2O3. The Morgan fingerprint density at radius 3 is 2.63 bits per heavy atom. The van der Waals surface area contributed by atoms with E-state index in [0.717, 1.165) is 10.5 Å². The van der Waals surface area contributed by atoms with E-state index in [-0.39, 0.29) is 12.2 Å². The van der Waals surface area contributed by atoms with Crippen molar-refractivity contribution in [2.24, 2.45) is 4.99 Å². The highest BCUT2D eigenvalue weighted by Crippen LogP contribution is 2.19. The molecule has 1 aromatic carbocycles. The molecule has 0 unspecified atom stereocenters. The fourth-order valence-electron chi connectivity index (χ4n) is 1.70. The number of carbonyl (C=O) groups excluding carboxylic acids is 1. The van der Waals surface area contributed by atoms with Gasteiger partial charge in [-0.05, 0) is 30.7 Å². The number of carboxylic acids is 1. The molecule has 1 heterocycles. The third-order valence-corrected chi connectivity index (χ3v) is 2.86. The van der Waals surface area contributed by atoms with Gasteiger partial charge >= 0.3 is 5.97 Å². The van der Waals surface area contributed by atoms with Crippen molar-refractivity contribution in [3.05, 3.63) is 40.5 Å². The van der Waals surface area contributed by atoms with Crippen molar-refractivity contribution in [1.82, 2.24) is 4.90 Å². The summed E-state index contributed by atoms with van der Waals surface area (Å²) in [6.07, 6.45) is 1.60. The second-order valence-corrected chi connectivity index (χ2v) is 4.46. The number of benzene rings is 1. The fraction of sp³-hybridized carbons (Fsp3) is 0.154. The highest BCUT2D eigenvalue weighted by molar-refractivity contribution is 6.30. The predicted octanol–water partition coefficient (Wildman–Crippen LogP) is 2.03. The van der Waals surface area contributed by atoms with Crippen molar-refractivity contribution in [3.8, 4) is 0 Å². The number of aliphatic imine (C=N–C) groups is 1. The Hall–Kier alpha value is -2.14. The zero-order chi connectivity index (χ0) is 14.0. The van der Waals surface area contributed by atoms with Crippen LogP contribution in [0.4, 0.5) is 0 Å². The van der Waals surface area contributed by atoms with Gasteiger partial charge in [0.25, 0.3) is 5.91 Å². The summed E-state index contributed by atoms with van der Waals surface area (Å²) in [5.74, 6) is -1.10. The number of hydrogen-bond donors (Lipinski definition) is 1. The van der Waals surface area contributed by atoms with Gasteiger partial charge in [0, 0.05) is 5.02 Å². The van der Waals surface area contributed by atoms with Gasteiger partial charge in [-0.2, -0.15) is 0 Å². The molecule has 0 atom stereocenters. The van der Waals surface area contributed by atoms with E-state index in [0.29, 0.717) is 10.9 Å². The number of carboxylic acid groups (broad SMARTS) is 1. The standard InChI is InChI=1S/C13H11ClN2O3/c1-8-15-11(13(19)16(8)7-12(17)18)6-9-2-4-10(14)5-3-9/h2-6H,7H2,1H3,(H,17,18)/b11-6-. The van der Waals surface area contributed by atoms with Crippen LogP contribution in [-0.4, -0.2) is 34.3 Å². The van der Waals surface area contributed by atoms with Crippen LogP contribution in [0.2, 0.25) is 5.02 Å². The Balaban J connectivity index is 2.25. The molecular weight excluding hydrogens is 268 g/mol. The lowest BCUT2D eigenvalue weighted by Gasteiger charge is -2.11. The molecule has 1 aromatic rings. The van der Waals surface area contributed by atoms with E-state index >= 15 is 0 Å². The summed E-state index contributed by atoms with van der Waals surface area (Å²) < 4.78 is 0. The zero-order valence-corrected chi connectivity index (χ0v) is 10.9. The molecule has 0 aromatic heterocycles. The minimum atomic E-state index is -1.07. The van der Waals surface area contributed by atoms with Crippen LogP contribution in [-0.2, 0) is 9.59 Å². The lowest BCUT2D eigenvalue weighted by atomic mass is 10.2. The molecule has 98 valence electrons. The first-order valence-corrected chi connectivity index (χ1v) is 5.91. The highest BCUT2D eigenvalue weighted by atomic mass is 35.5. The minimum Gasteiger partial charge on any atom is -0.480 e. The second kappa shape index (κ2) is 5.24. The first-order chi connectivity index (χ1) is 8.97. The van der Waals surface area contributed by atoms with Gasteiger partial charge < -0.3 is 5.11 Å². The number of carbonyl (C=O) groups is 2. The molecule has 0 fully saturated rings. The van der Waals surface area contributed by atoms with E-state index in [1.807, 2.05) is 0 Å². The monoisotopic (exact) mass is 278 g/mol. The van der Waals surface area contributed by atoms with Crippen LogP contribution in [0, 0.1) is 0 Å². The van der Waals surface area contributed by atoms with Gasteiger partial charge in [-0.15, -0.1) is 0 Å². The third kappa shape index (κ3) is 3.00. The molecule has 1 aliphatic rings. The Labute approximate surface area is 114 Å². The topological polar surface area (TPSA) is 70.0 Å². The first-order valence-electron chi connectivity index (χ1n) is 5.53. The smallest absolute Gasteiger partial charge is 0.323 e. The number of hydrogen-bond acceptors (Lipinski definition) is 3. The van der Waals surface area contributed by atoms with Crippen molar-refractivity contribution < 1.29 is 14.7 Å². The maximum atomic E-state index is 12.0. The van der Waals surface area contributed by atoms with Crippen LogP contribution in [0.15, 0.2) is 35.0 Å². The van der Waals surface area contributed by atoms with E-state index in [1.165, 1.54) is 0 Å². The molecule has 5 nitrogen and oxygen atoms in total. The number of nitrogens with zero attached hydrogens (tertiary/aromatic N) is 2.